The average molecular weight is 569 g/mol. The van der Waals surface area contributed by atoms with Gasteiger partial charge in [0.1, 0.15) is 5.60 Å². The van der Waals surface area contributed by atoms with Crippen LogP contribution >= 0.6 is 0 Å². The van der Waals surface area contributed by atoms with E-state index in [0.717, 1.165) is 12.8 Å². The van der Waals surface area contributed by atoms with Crippen LogP contribution in [0.3, 0.4) is 0 Å². The molecule has 1 aliphatic rings. The highest BCUT2D eigenvalue weighted by Gasteiger charge is 2.53. The maximum Gasteiger partial charge on any atom is 0.261 e. The second kappa shape index (κ2) is 12.1. The van der Waals surface area contributed by atoms with Crippen molar-refractivity contribution in [1.29, 1.82) is 0 Å². The van der Waals surface area contributed by atoms with Crippen molar-refractivity contribution in [2.45, 2.75) is 109 Å². The van der Waals surface area contributed by atoms with E-state index in [1.807, 2.05) is 6.92 Å². The van der Waals surface area contributed by atoms with Crippen molar-refractivity contribution in [2.24, 2.45) is 0 Å². The summed E-state index contributed by atoms with van der Waals surface area (Å²) in [6, 6.07) is 21.6. The molecular formula is C33H52O4Si2. The third-order valence-corrected chi connectivity index (χ3v) is 18.4. The number of rotatable bonds is 12. The predicted octanol–water partition coefficient (Wildman–Crippen LogP) is 6.83. The van der Waals surface area contributed by atoms with Crippen LogP contribution in [0.1, 0.15) is 68.2 Å². The van der Waals surface area contributed by atoms with Crippen molar-refractivity contribution in [2.75, 3.05) is 13.2 Å². The molecule has 2 aromatic rings. The summed E-state index contributed by atoms with van der Waals surface area (Å²) >= 11 is 0. The van der Waals surface area contributed by atoms with Crippen LogP contribution in [0.25, 0.3) is 0 Å². The zero-order valence-electron chi connectivity index (χ0n) is 26.0. The Balaban J connectivity index is 1.84. The van der Waals surface area contributed by atoms with E-state index in [1.165, 1.54) is 15.9 Å². The molecule has 0 saturated carbocycles. The first kappa shape index (κ1) is 32.0. The normalized spacial score (nSPS) is 21.6. The lowest BCUT2D eigenvalue weighted by atomic mass is 9.99. The maximum absolute atomic E-state index is 9.77. The molecular weight excluding hydrogens is 517 g/mol. The van der Waals surface area contributed by atoms with Gasteiger partial charge >= 0.3 is 0 Å². The van der Waals surface area contributed by atoms with E-state index < -0.39 is 22.2 Å². The molecule has 216 valence electrons. The maximum atomic E-state index is 9.77. The van der Waals surface area contributed by atoms with E-state index in [0.29, 0.717) is 6.61 Å². The summed E-state index contributed by atoms with van der Waals surface area (Å²) in [4.78, 5) is 0. The van der Waals surface area contributed by atoms with Gasteiger partial charge in [0.15, 0.2) is 8.32 Å². The summed E-state index contributed by atoms with van der Waals surface area (Å²) in [6.07, 6.45) is 3.87. The molecule has 0 spiro atoms. The highest BCUT2D eigenvalue weighted by Crippen LogP contribution is 2.43. The van der Waals surface area contributed by atoms with E-state index in [-0.39, 0.29) is 28.9 Å². The Hall–Kier alpha value is -1.55. The average Bonchev–Trinajstić information content (AvgIpc) is 3.52. The van der Waals surface area contributed by atoms with Gasteiger partial charge in [-0.2, -0.15) is 0 Å². The van der Waals surface area contributed by atoms with E-state index in [1.54, 1.807) is 0 Å². The van der Waals surface area contributed by atoms with Crippen LogP contribution < -0.4 is 10.4 Å². The minimum atomic E-state index is -2.55. The molecule has 0 aliphatic carbocycles. The standard InChI is InChI=1S/C33H52O4Si2/c1-26(29(24-30-33(8,25-34)36-30)37-38(9,10)31(2,3)4)18-17-23-35-39(32(5,6)7,27-19-13-11-14-20-27)28-21-15-12-16-22-28/h11-16,18-22,29-30,34H,17,23-25H2,1-10H3/b26-18+/t29-,30+,33+/m1/s1. The van der Waals surface area contributed by atoms with Crippen molar-refractivity contribution in [3.8, 4) is 0 Å². The van der Waals surface area contributed by atoms with Crippen LogP contribution in [0.15, 0.2) is 72.3 Å². The topological polar surface area (TPSA) is 51.2 Å². The van der Waals surface area contributed by atoms with Gasteiger partial charge in [-0.1, -0.05) is 108 Å². The number of ether oxygens (including phenoxy) is 1. The van der Waals surface area contributed by atoms with E-state index >= 15 is 0 Å². The van der Waals surface area contributed by atoms with Crippen LogP contribution in [0.4, 0.5) is 0 Å². The smallest absolute Gasteiger partial charge is 0.261 e. The number of benzene rings is 2. The molecule has 1 N–H and O–H groups in total. The monoisotopic (exact) mass is 568 g/mol. The van der Waals surface area contributed by atoms with Crippen LogP contribution in [0.2, 0.25) is 23.2 Å². The van der Waals surface area contributed by atoms with Gasteiger partial charge in [0.2, 0.25) is 0 Å². The number of epoxide rings is 1. The highest BCUT2D eigenvalue weighted by atomic mass is 28.4. The van der Waals surface area contributed by atoms with E-state index in [9.17, 15) is 5.11 Å². The third-order valence-electron chi connectivity index (χ3n) is 8.85. The second-order valence-corrected chi connectivity index (χ2v) is 23.0. The molecule has 0 bridgehead atoms. The molecule has 4 nitrogen and oxygen atoms in total. The van der Waals surface area contributed by atoms with Crippen molar-refractivity contribution >= 4 is 27.0 Å². The summed E-state index contributed by atoms with van der Waals surface area (Å²) in [6.45, 7) is 23.2. The molecule has 1 saturated heterocycles. The summed E-state index contributed by atoms with van der Waals surface area (Å²) in [5, 5.41) is 12.4. The van der Waals surface area contributed by atoms with Gasteiger partial charge in [0, 0.05) is 13.0 Å². The quantitative estimate of drug-likeness (QED) is 0.132. The first-order valence-electron chi connectivity index (χ1n) is 14.5. The summed E-state index contributed by atoms with van der Waals surface area (Å²) < 4.78 is 19.9. The zero-order chi connectivity index (χ0) is 29.1. The molecule has 39 heavy (non-hydrogen) atoms. The molecule has 1 aliphatic heterocycles. The summed E-state index contributed by atoms with van der Waals surface area (Å²) in [7, 11) is -4.55. The second-order valence-electron chi connectivity index (χ2n) is 13.9. The largest absolute Gasteiger partial charge is 0.410 e. The lowest BCUT2D eigenvalue weighted by molar-refractivity contribution is 0.178. The van der Waals surface area contributed by atoms with Crippen LogP contribution in [0, 0.1) is 0 Å². The fraction of sp³-hybridized carbons (Fsp3) is 0.576. The minimum absolute atomic E-state index is 0.0222. The molecule has 0 unspecified atom stereocenters. The third kappa shape index (κ3) is 7.21. The Morgan fingerprint density at radius 1 is 0.949 bits per heavy atom. The molecule has 1 heterocycles. The molecule has 2 aromatic carbocycles. The SMILES string of the molecule is C/C(=C\CCO[Si](c1ccccc1)(c1ccccc1)C(C)(C)C)[C@@H](C[C@@H]1O[C@@]1(C)CO)O[Si](C)(C)C(C)(C)C. The number of hydrogen-bond donors (Lipinski definition) is 1. The minimum Gasteiger partial charge on any atom is -0.410 e. The van der Waals surface area contributed by atoms with Gasteiger partial charge in [-0.3, -0.25) is 0 Å². The van der Waals surface area contributed by atoms with Gasteiger partial charge in [-0.05, 0) is 59.4 Å². The van der Waals surface area contributed by atoms with Gasteiger partial charge in [-0.15, -0.1) is 0 Å². The molecule has 0 aromatic heterocycles. The molecule has 0 amide bonds. The lowest BCUT2D eigenvalue weighted by Gasteiger charge is -2.43. The first-order valence-corrected chi connectivity index (χ1v) is 19.3. The Labute approximate surface area is 240 Å². The van der Waals surface area contributed by atoms with Crippen molar-refractivity contribution in [3.63, 3.8) is 0 Å². The van der Waals surface area contributed by atoms with Gasteiger partial charge in [-0.25, -0.2) is 0 Å². The highest BCUT2D eigenvalue weighted by molar-refractivity contribution is 6.99. The molecule has 3 atom stereocenters. The van der Waals surface area contributed by atoms with Crippen LogP contribution in [-0.2, 0) is 13.6 Å². The molecule has 0 radical (unpaired) electrons. The van der Waals surface area contributed by atoms with Gasteiger partial charge < -0.3 is 18.7 Å². The predicted molar refractivity (Wildman–Crippen MR) is 169 cm³/mol. The van der Waals surface area contributed by atoms with Crippen LogP contribution in [0.5, 0.6) is 0 Å². The summed E-state index contributed by atoms with van der Waals surface area (Å²) in [5.74, 6) is 0. The lowest BCUT2D eigenvalue weighted by Crippen LogP contribution is -2.66. The van der Waals surface area contributed by atoms with E-state index in [2.05, 4.69) is 128 Å². The van der Waals surface area contributed by atoms with Gasteiger partial charge in [0.25, 0.3) is 8.32 Å². The molecule has 3 rings (SSSR count). The Kier molecular flexibility index (Phi) is 9.95. The summed E-state index contributed by atoms with van der Waals surface area (Å²) in [5.41, 5.74) is 0.781. The van der Waals surface area contributed by atoms with Crippen LogP contribution in [-0.4, -0.2) is 52.8 Å². The van der Waals surface area contributed by atoms with Crippen molar-refractivity contribution < 1.29 is 18.7 Å². The zero-order valence-corrected chi connectivity index (χ0v) is 28.0. The number of hydrogen-bond acceptors (Lipinski definition) is 4. The first-order chi connectivity index (χ1) is 18.1. The van der Waals surface area contributed by atoms with Crippen molar-refractivity contribution in [1.82, 2.24) is 0 Å². The molecule has 1 fully saturated rings. The van der Waals surface area contributed by atoms with Gasteiger partial charge in [0.05, 0.1) is 18.8 Å². The fourth-order valence-corrected chi connectivity index (χ4v) is 11.1. The number of aliphatic hydroxyl groups excluding tert-OH is 1. The number of aliphatic hydroxyl groups is 1. The fourth-order valence-electron chi connectivity index (χ4n) is 5.17. The van der Waals surface area contributed by atoms with E-state index in [4.69, 9.17) is 13.6 Å². The Morgan fingerprint density at radius 3 is 1.87 bits per heavy atom. The van der Waals surface area contributed by atoms with Crippen molar-refractivity contribution in [3.05, 3.63) is 72.3 Å². The Morgan fingerprint density at radius 2 is 1.46 bits per heavy atom. The Bertz CT molecular complexity index is 1050. The molecule has 6 heteroatoms.